The Bertz CT molecular complexity index is 3910. The Kier molecular flexibility index (Phi) is 8.36. The fourth-order valence-electron chi connectivity index (χ4n) is 10.7. The molecular weight excluding hydrogens is 833 g/mol. The van der Waals surface area contributed by atoms with Crippen LogP contribution in [0.25, 0.3) is 107 Å². The van der Waals surface area contributed by atoms with Crippen molar-refractivity contribution in [3.8, 4) is 84.9 Å². The average molecular weight is 870 g/mol. The van der Waals surface area contributed by atoms with Crippen molar-refractivity contribution in [3.63, 3.8) is 0 Å². The minimum atomic E-state index is -0.712. The minimum Gasteiger partial charge on any atom is -0.455 e. The number of furan rings is 1. The summed E-state index contributed by atoms with van der Waals surface area (Å²) in [6.45, 7) is 0. The second-order valence-electron chi connectivity index (χ2n) is 17.4. The van der Waals surface area contributed by atoms with Gasteiger partial charge in [0.15, 0.2) is 17.5 Å². The molecule has 2 aliphatic rings. The third-order valence-corrected chi connectivity index (χ3v) is 13.7. The van der Waals surface area contributed by atoms with Crippen LogP contribution in [-0.2, 0) is 5.41 Å². The van der Waals surface area contributed by atoms with Crippen LogP contribution in [0.3, 0.4) is 0 Å². The Labute approximate surface area is 391 Å². The van der Waals surface area contributed by atoms with Gasteiger partial charge in [0.1, 0.15) is 16.9 Å². The first kappa shape index (κ1) is 38.1. The molecule has 1 atom stereocenters. The fraction of sp³-hybridized carbons (Fsp3) is 0.0164. The molecule has 2 aliphatic carbocycles. The predicted octanol–water partition coefficient (Wildman–Crippen LogP) is 13.5. The van der Waals surface area contributed by atoms with Crippen LogP contribution in [0.2, 0.25) is 0 Å². The second-order valence-corrected chi connectivity index (χ2v) is 17.4. The van der Waals surface area contributed by atoms with Gasteiger partial charge in [-0.15, -0.1) is 0 Å². The molecular formula is C61H37N6O+. The quantitative estimate of drug-likeness (QED) is 0.155. The number of para-hydroxylation sites is 1. The van der Waals surface area contributed by atoms with E-state index in [1.54, 1.807) is 0 Å². The van der Waals surface area contributed by atoms with Crippen molar-refractivity contribution in [3.05, 3.63) is 247 Å². The van der Waals surface area contributed by atoms with Crippen molar-refractivity contribution in [2.24, 2.45) is 0 Å². The lowest BCUT2D eigenvalue weighted by Crippen LogP contribution is -2.35. The highest BCUT2D eigenvalue weighted by atomic mass is 16.3. The van der Waals surface area contributed by atoms with Gasteiger partial charge in [0.05, 0.1) is 16.5 Å². The van der Waals surface area contributed by atoms with Gasteiger partial charge in [-0.1, -0.05) is 180 Å². The van der Waals surface area contributed by atoms with Crippen molar-refractivity contribution < 1.29 is 8.98 Å². The van der Waals surface area contributed by atoms with Gasteiger partial charge in [-0.25, -0.2) is 15.0 Å². The molecule has 12 aromatic rings. The number of hydrogen-bond donors (Lipinski definition) is 0. The second kappa shape index (κ2) is 14.9. The summed E-state index contributed by atoms with van der Waals surface area (Å²) in [6.07, 6.45) is 1.91. The highest BCUT2D eigenvalue weighted by Crippen LogP contribution is 2.64. The van der Waals surface area contributed by atoms with E-state index >= 15 is 0 Å². The van der Waals surface area contributed by atoms with E-state index in [9.17, 15) is 0 Å². The average Bonchev–Trinajstić information content (AvgIpc) is 4.05. The van der Waals surface area contributed by atoms with E-state index in [4.69, 9.17) is 29.3 Å². The molecule has 1 spiro atoms. The summed E-state index contributed by atoms with van der Waals surface area (Å²) in [4.78, 5) is 25.6. The van der Waals surface area contributed by atoms with Crippen LogP contribution >= 0.6 is 0 Å². The van der Waals surface area contributed by atoms with E-state index in [0.29, 0.717) is 23.3 Å². The van der Waals surface area contributed by atoms with E-state index in [1.165, 1.54) is 22.3 Å². The van der Waals surface area contributed by atoms with Crippen LogP contribution in [0.5, 0.6) is 0 Å². The molecule has 0 bridgehead atoms. The third-order valence-electron chi connectivity index (χ3n) is 13.7. The number of fused-ring (bicyclic) bond motifs is 14. The zero-order valence-corrected chi connectivity index (χ0v) is 36.5. The van der Waals surface area contributed by atoms with Gasteiger partial charge in [0.2, 0.25) is 6.33 Å². The summed E-state index contributed by atoms with van der Waals surface area (Å²) in [7, 11) is 0. The Hall–Kier alpha value is -9.20. The smallest absolute Gasteiger partial charge is 0.307 e. The Balaban J connectivity index is 1.02. The highest BCUT2D eigenvalue weighted by molar-refractivity contribution is 6.13. The molecule has 14 rings (SSSR count). The van der Waals surface area contributed by atoms with Crippen LogP contribution in [0.15, 0.2) is 229 Å². The summed E-state index contributed by atoms with van der Waals surface area (Å²) in [5.74, 6) is 3.31. The molecule has 7 heteroatoms. The lowest BCUT2D eigenvalue weighted by Gasteiger charge is -2.30. The SMILES string of the molecule is c1ccc(-c2nc(-c3ccccc3)nc(-c3ccc4c(c3)C3(c5ccccc5-c5cc(-[n+]6cnc(-c7ccccc7)nc6-c6ccccc6)ccc53)c3ccc5c(oc6ccccc65)c3-4)n2)cc1. The molecule has 316 valence electrons. The van der Waals surface area contributed by atoms with E-state index in [-0.39, 0.29) is 0 Å². The van der Waals surface area contributed by atoms with Crippen molar-refractivity contribution in [1.29, 1.82) is 0 Å². The van der Waals surface area contributed by atoms with E-state index < -0.39 is 5.41 Å². The van der Waals surface area contributed by atoms with E-state index in [1.807, 2.05) is 109 Å². The number of aromatic nitrogens is 6. The molecule has 7 nitrogen and oxygen atoms in total. The molecule has 3 heterocycles. The van der Waals surface area contributed by atoms with Crippen LogP contribution in [-0.4, -0.2) is 24.9 Å². The standard InChI is InChI=1S/C61H37N6O/c1-5-17-38(18-6-1)56-62-37-67(60(66-56)41-23-11-4-12-24-41)43-30-33-50-48(36-43)44-25-13-15-27-49(44)61(50)51-34-32-46-45-26-14-16-28-53(45)68-55(46)54(51)47-31-29-42(35-52(47)61)59-64-57(39-19-7-2-8-20-39)63-58(65-59)40-21-9-3-10-22-40/h1-37H/q+1. The largest absolute Gasteiger partial charge is 0.455 e. The summed E-state index contributed by atoms with van der Waals surface area (Å²) in [5, 5.41) is 2.19. The zero-order valence-electron chi connectivity index (χ0n) is 36.5. The van der Waals surface area contributed by atoms with Crippen LogP contribution in [0.1, 0.15) is 22.3 Å². The monoisotopic (exact) mass is 869 g/mol. The zero-order chi connectivity index (χ0) is 44.8. The first-order valence-electron chi connectivity index (χ1n) is 22.8. The molecule has 3 aromatic heterocycles. The Morgan fingerprint density at radius 1 is 0.368 bits per heavy atom. The molecule has 9 aromatic carbocycles. The number of nitrogens with zero attached hydrogens (tertiary/aromatic N) is 6. The summed E-state index contributed by atoms with van der Waals surface area (Å²) >= 11 is 0. The number of hydrogen-bond acceptors (Lipinski definition) is 6. The number of benzene rings is 9. The lowest BCUT2D eigenvalue weighted by atomic mass is 9.70. The molecule has 0 saturated carbocycles. The van der Waals surface area contributed by atoms with Crippen LogP contribution in [0, 0.1) is 0 Å². The number of rotatable bonds is 6. The topological polar surface area (TPSA) is 81.5 Å². The molecule has 0 N–H and O–H groups in total. The molecule has 0 fully saturated rings. The van der Waals surface area contributed by atoms with Gasteiger partial charge in [0.25, 0.3) is 5.82 Å². The summed E-state index contributed by atoms with van der Waals surface area (Å²) < 4.78 is 9.01. The Morgan fingerprint density at radius 3 is 1.65 bits per heavy atom. The van der Waals surface area contributed by atoms with Crippen molar-refractivity contribution in [2.75, 3.05) is 0 Å². The van der Waals surface area contributed by atoms with Gasteiger partial charge in [-0.05, 0) is 87.5 Å². The molecule has 1 unspecified atom stereocenters. The molecule has 0 radical (unpaired) electrons. The highest BCUT2D eigenvalue weighted by Gasteiger charge is 2.53. The van der Waals surface area contributed by atoms with Crippen molar-refractivity contribution in [2.45, 2.75) is 5.41 Å². The first-order chi connectivity index (χ1) is 33.7. The third kappa shape index (κ3) is 5.66. The van der Waals surface area contributed by atoms with E-state index in [2.05, 4.69) is 120 Å². The maximum atomic E-state index is 6.90. The maximum Gasteiger partial charge on any atom is 0.307 e. The van der Waals surface area contributed by atoms with Gasteiger partial charge in [-0.2, -0.15) is 4.57 Å². The van der Waals surface area contributed by atoms with Gasteiger partial charge in [0, 0.05) is 33.0 Å². The molecule has 68 heavy (non-hydrogen) atoms. The van der Waals surface area contributed by atoms with Gasteiger partial charge >= 0.3 is 5.82 Å². The van der Waals surface area contributed by atoms with Gasteiger partial charge in [-0.3, -0.25) is 0 Å². The van der Waals surface area contributed by atoms with Gasteiger partial charge < -0.3 is 4.42 Å². The molecule has 0 amide bonds. The normalized spacial score (nSPS) is 14.2. The summed E-state index contributed by atoms with van der Waals surface area (Å²) in [5.41, 5.74) is 15.9. The minimum absolute atomic E-state index is 0.603. The van der Waals surface area contributed by atoms with Crippen molar-refractivity contribution >= 4 is 21.9 Å². The predicted molar refractivity (Wildman–Crippen MR) is 268 cm³/mol. The fourth-order valence-corrected chi connectivity index (χ4v) is 10.7. The maximum absolute atomic E-state index is 6.90. The Morgan fingerprint density at radius 2 is 0.941 bits per heavy atom. The van der Waals surface area contributed by atoms with Crippen LogP contribution in [0.4, 0.5) is 0 Å². The van der Waals surface area contributed by atoms with Crippen molar-refractivity contribution in [1.82, 2.24) is 24.9 Å². The summed E-state index contributed by atoms with van der Waals surface area (Å²) in [6, 6.07) is 76.1. The first-order valence-corrected chi connectivity index (χ1v) is 22.8. The lowest BCUT2D eigenvalue weighted by molar-refractivity contribution is -0.590. The van der Waals surface area contributed by atoms with E-state index in [0.717, 1.165) is 83.5 Å². The van der Waals surface area contributed by atoms with Crippen LogP contribution < -0.4 is 4.57 Å². The molecule has 0 saturated heterocycles. The molecule has 0 aliphatic heterocycles.